The molecule has 0 spiro atoms. The molecule has 0 aliphatic carbocycles. The van der Waals surface area contributed by atoms with Crippen LogP contribution in [0.25, 0.3) is 0 Å². The van der Waals surface area contributed by atoms with Gasteiger partial charge in [-0.25, -0.2) is 9.69 Å². The summed E-state index contributed by atoms with van der Waals surface area (Å²) in [6.45, 7) is 8.73. The number of imide groups is 1. The SMILES string of the molecule is C=CC(C)(CO)C(=O)N1C(=O)OC[C@H]1C(C)C. The number of aliphatic hydroxyl groups excluding tert-OH is 1. The number of amides is 2. The summed E-state index contributed by atoms with van der Waals surface area (Å²) in [5.41, 5.74) is -1.14. The van der Waals surface area contributed by atoms with E-state index in [0.717, 1.165) is 4.90 Å². The summed E-state index contributed by atoms with van der Waals surface area (Å²) in [4.78, 5) is 24.9. The first-order valence-corrected chi connectivity index (χ1v) is 5.62. The number of rotatable bonds is 4. The Hall–Kier alpha value is -1.36. The molecule has 0 aromatic carbocycles. The van der Waals surface area contributed by atoms with Crippen molar-refractivity contribution in [3.8, 4) is 0 Å². The number of cyclic esters (lactones) is 1. The van der Waals surface area contributed by atoms with E-state index in [2.05, 4.69) is 6.58 Å². The Morgan fingerprint density at radius 2 is 2.35 bits per heavy atom. The third-order valence-electron chi connectivity index (χ3n) is 3.16. The molecule has 0 aromatic rings. The lowest BCUT2D eigenvalue weighted by Gasteiger charge is -2.30. The van der Waals surface area contributed by atoms with Gasteiger partial charge in [-0.1, -0.05) is 19.9 Å². The van der Waals surface area contributed by atoms with Crippen molar-refractivity contribution in [2.24, 2.45) is 11.3 Å². The third kappa shape index (κ3) is 2.34. The molecule has 0 aromatic heterocycles. The molecule has 1 rings (SSSR count). The van der Waals surface area contributed by atoms with Gasteiger partial charge in [0, 0.05) is 0 Å². The van der Waals surface area contributed by atoms with Crippen molar-refractivity contribution < 1.29 is 19.4 Å². The molecule has 1 saturated heterocycles. The normalized spacial score (nSPS) is 23.5. The van der Waals surface area contributed by atoms with Crippen molar-refractivity contribution in [1.82, 2.24) is 4.90 Å². The standard InChI is InChI=1S/C12H19NO4/c1-5-12(4,7-14)10(15)13-9(8(2)3)6-17-11(13)16/h5,8-9,14H,1,6-7H2,2-4H3/t9-,12?/m0/s1. The Labute approximate surface area is 101 Å². The summed E-state index contributed by atoms with van der Waals surface area (Å²) in [5.74, 6) is -0.352. The van der Waals surface area contributed by atoms with Gasteiger partial charge in [0.25, 0.3) is 0 Å². The van der Waals surface area contributed by atoms with E-state index in [0.29, 0.717) is 0 Å². The van der Waals surface area contributed by atoms with Crippen LogP contribution in [0.2, 0.25) is 0 Å². The van der Waals surface area contributed by atoms with Crippen molar-refractivity contribution in [2.75, 3.05) is 13.2 Å². The van der Waals surface area contributed by atoms with E-state index in [1.807, 2.05) is 13.8 Å². The fourth-order valence-electron chi connectivity index (χ4n) is 1.65. The van der Waals surface area contributed by atoms with E-state index in [4.69, 9.17) is 4.74 Å². The molecule has 1 aliphatic rings. The van der Waals surface area contributed by atoms with Gasteiger partial charge in [-0.3, -0.25) is 4.79 Å². The van der Waals surface area contributed by atoms with Gasteiger partial charge < -0.3 is 9.84 Å². The Balaban J connectivity index is 3.00. The smallest absolute Gasteiger partial charge is 0.417 e. The second-order valence-electron chi connectivity index (χ2n) is 4.84. The average Bonchev–Trinajstić information content (AvgIpc) is 2.69. The van der Waals surface area contributed by atoms with Crippen molar-refractivity contribution in [1.29, 1.82) is 0 Å². The van der Waals surface area contributed by atoms with Crippen molar-refractivity contribution >= 4 is 12.0 Å². The van der Waals surface area contributed by atoms with Gasteiger partial charge in [-0.15, -0.1) is 6.58 Å². The Bertz CT molecular complexity index is 339. The van der Waals surface area contributed by atoms with Crippen LogP contribution >= 0.6 is 0 Å². The molecular weight excluding hydrogens is 222 g/mol. The number of aliphatic hydroxyl groups is 1. The number of nitrogens with zero attached hydrogens (tertiary/aromatic N) is 1. The predicted molar refractivity (Wildman–Crippen MR) is 62.2 cm³/mol. The predicted octanol–water partition coefficient (Wildman–Crippen LogP) is 1.17. The summed E-state index contributed by atoms with van der Waals surface area (Å²) in [5, 5.41) is 9.26. The summed E-state index contributed by atoms with van der Waals surface area (Å²) in [6.07, 6.45) is 0.716. The Morgan fingerprint density at radius 3 is 2.76 bits per heavy atom. The van der Waals surface area contributed by atoms with E-state index in [9.17, 15) is 14.7 Å². The van der Waals surface area contributed by atoms with Crippen LogP contribution in [-0.2, 0) is 9.53 Å². The van der Waals surface area contributed by atoms with Crippen molar-refractivity contribution in [3.05, 3.63) is 12.7 Å². The van der Waals surface area contributed by atoms with Crippen LogP contribution in [0.4, 0.5) is 4.79 Å². The number of hydrogen-bond acceptors (Lipinski definition) is 4. The largest absolute Gasteiger partial charge is 0.447 e. The summed E-state index contributed by atoms with van der Waals surface area (Å²) >= 11 is 0. The van der Waals surface area contributed by atoms with E-state index >= 15 is 0 Å². The maximum absolute atomic E-state index is 12.2. The maximum atomic E-state index is 12.2. The summed E-state index contributed by atoms with van der Waals surface area (Å²) in [7, 11) is 0. The molecule has 1 aliphatic heterocycles. The number of carbonyl (C=O) groups is 2. The van der Waals surface area contributed by atoms with E-state index in [1.165, 1.54) is 6.08 Å². The second kappa shape index (κ2) is 4.87. The first kappa shape index (κ1) is 13.7. The molecule has 0 bridgehead atoms. The minimum absolute atomic E-state index is 0.109. The quantitative estimate of drug-likeness (QED) is 0.750. The molecule has 96 valence electrons. The molecule has 1 heterocycles. The number of ether oxygens (including phenoxy) is 1. The van der Waals surface area contributed by atoms with Gasteiger partial charge in [0.15, 0.2) is 0 Å². The molecule has 1 N–H and O–H groups in total. The molecule has 5 nitrogen and oxygen atoms in total. The van der Waals surface area contributed by atoms with Gasteiger partial charge in [-0.2, -0.15) is 0 Å². The molecule has 1 unspecified atom stereocenters. The molecular formula is C12H19NO4. The molecule has 2 atom stereocenters. The van der Waals surface area contributed by atoms with Crippen LogP contribution in [-0.4, -0.2) is 41.3 Å². The highest BCUT2D eigenvalue weighted by molar-refractivity contribution is 5.97. The maximum Gasteiger partial charge on any atom is 0.417 e. The zero-order valence-electron chi connectivity index (χ0n) is 10.5. The lowest BCUT2D eigenvalue weighted by molar-refractivity contribution is -0.138. The fourth-order valence-corrected chi connectivity index (χ4v) is 1.65. The van der Waals surface area contributed by atoms with Crippen LogP contribution in [0.1, 0.15) is 20.8 Å². The minimum Gasteiger partial charge on any atom is -0.447 e. The molecule has 2 amide bonds. The van der Waals surface area contributed by atoms with Crippen molar-refractivity contribution in [2.45, 2.75) is 26.8 Å². The van der Waals surface area contributed by atoms with E-state index in [-0.39, 0.29) is 25.2 Å². The highest BCUT2D eigenvalue weighted by Gasteiger charge is 2.45. The van der Waals surface area contributed by atoms with Crippen LogP contribution in [0.5, 0.6) is 0 Å². The molecule has 5 heteroatoms. The van der Waals surface area contributed by atoms with Crippen LogP contribution < -0.4 is 0 Å². The van der Waals surface area contributed by atoms with E-state index < -0.39 is 17.4 Å². The summed E-state index contributed by atoms with van der Waals surface area (Å²) < 4.78 is 4.89. The van der Waals surface area contributed by atoms with Crippen LogP contribution in [0, 0.1) is 11.3 Å². The number of carbonyl (C=O) groups excluding carboxylic acids is 2. The monoisotopic (exact) mass is 241 g/mol. The first-order chi connectivity index (χ1) is 7.87. The first-order valence-electron chi connectivity index (χ1n) is 5.62. The summed E-state index contributed by atoms with van der Waals surface area (Å²) in [6, 6.07) is -0.277. The zero-order valence-corrected chi connectivity index (χ0v) is 10.5. The fraction of sp³-hybridized carbons (Fsp3) is 0.667. The van der Waals surface area contributed by atoms with Gasteiger partial charge in [0.2, 0.25) is 5.91 Å². The second-order valence-corrected chi connectivity index (χ2v) is 4.84. The van der Waals surface area contributed by atoms with Crippen molar-refractivity contribution in [3.63, 3.8) is 0 Å². The zero-order chi connectivity index (χ0) is 13.2. The topological polar surface area (TPSA) is 66.8 Å². The molecule has 0 saturated carbocycles. The van der Waals surface area contributed by atoms with Gasteiger partial charge in [0.1, 0.15) is 6.61 Å². The molecule has 0 radical (unpaired) electrons. The highest BCUT2D eigenvalue weighted by atomic mass is 16.6. The Morgan fingerprint density at radius 1 is 1.76 bits per heavy atom. The third-order valence-corrected chi connectivity index (χ3v) is 3.16. The van der Waals surface area contributed by atoms with E-state index in [1.54, 1.807) is 6.92 Å². The van der Waals surface area contributed by atoms with Crippen LogP contribution in [0.15, 0.2) is 12.7 Å². The van der Waals surface area contributed by atoms with Gasteiger partial charge in [0.05, 0.1) is 18.1 Å². The average molecular weight is 241 g/mol. The highest BCUT2D eigenvalue weighted by Crippen LogP contribution is 2.27. The lowest BCUT2D eigenvalue weighted by atomic mass is 9.89. The van der Waals surface area contributed by atoms with Crippen LogP contribution in [0.3, 0.4) is 0 Å². The molecule has 17 heavy (non-hydrogen) atoms. The van der Waals surface area contributed by atoms with Gasteiger partial charge >= 0.3 is 6.09 Å². The Kier molecular flexibility index (Phi) is 3.93. The number of hydrogen-bond donors (Lipinski definition) is 1. The molecule has 1 fully saturated rings. The lowest BCUT2D eigenvalue weighted by Crippen LogP contribution is -2.49. The van der Waals surface area contributed by atoms with Gasteiger partial charge in [-0.05, 0) is 12.8 Å². The minimum atomic E-state index is -1.14.